The lowest BCUT2D eigenvalue weighted by Crippen LogP contribution is -2.04. The molecule has 0 saturated carbocycles. The highest BCUT2D eigenvalue weighted by atomic mass is 35.7. The van der Waals surface area contributed by atoms with Crippen LogP contribution in [0.5, 0.6) is 0 Å². The van der Waals surface area contributed by atoms with Gasteiger partial charge in [-0.2, -0.15) is 4.39 Å². The molecule has 15 heavy (non-hydrogen) atoms. The average molecular weight is 260 g/mol. The van der Waals surface area contributed by atoms with Crippen LogP contribution in [0.1, 0.15) is 17.7 Å². The Morgan fingerprint density at radius 2 is 2.00 bits per heavy atom. The second-order valence-corrected chi connectivity index (χ2v) is 5.23. The Morgan fingerprint density at radius 1 is 1.47 bits per heavy atom. The van der Waals surface area contributed by atoms with E-state index in [0.29, 0.717) is 6.07 Å². The SMILES string of the molecule is Cc1c(S(=O)(=O)Cl)cc(F)nc1C(F)F. The summed E-state index contributed by atoms with van der Waals surface area (Å²) in [5.41, 5.74) is -1.27. The summed E-state index contributed by atoms with van der Waals surface area (Å²) in [5, 5.41) is 0. The Balaban J connectivity index is 3.56. The molecule has 1 aromatic heterocycles. The first-order valence-corrected chi connectivity index (χ1v) is 5.94. The van der Waals surface area contributed by atoms with E-state index in [0.717, 1.165) is 6.92 Å². The predicted molar refractivity (Wildman–Crippen MR) is 46.9 cm³/mol. The van der Waals surface area contributed by atoms with Crippen LogP contribution in [-0.4, -0.2) is 13.4 Å². The Hall–Kier alpha value is -0.820. The minimum absolute atomic E-state index is 0.346. The summed E-state index contributed by atoms with van der Waals surface area (Å²) < 4.78 is 59.2. The molecule has 84 valence electrons. The van der Waals surface area contributed by atoms with E-state index in [9.17, 15) is 21.6 Å². The summed E-state index contributed by atoms with van der Waals surface area (Å²) in [4.78, 5) is 2.22. The van der Waals surface area contributed by atoms with Gasteiger partial charge in [0.25, 0.3) is 15.5 Å². The normalized spacial score (nSPS) is 12.1. The molecule has 0 spiro atoms. The van der Waals surface area contributed by atoms with Gasteiger partial charge in [-0.25, -0.2) is 22.2 Å². The van der Waals surface area contributed by atoms with Gasteiger partial charge >= 0.3 is 0 Å². The van der Waals surface area contributed by atoms with Gasteiger partial charge in [0.2, 0.25) is 5.95 Å². The molecule has 8 heteroatoms. The third kappa shape index (κ3) is 2.60. The van der Waals surface area contributed by atoms with Gasteiger partial charge in [0, 0.05) is 16.7 Å². The van der Waals surface area contributed by atoms with E-state index in [1.807, 2.05) is 0 Å². The van der Waals surface area contributed by atoms with Crippen LogP contribution < -0.4 is 0 Å². The first kappa shape index (κ1) is 12.3. The number of rotatable bonds is 2. The van der Waals surface area contributed by atoms with Crippen LogP contribution in [0, 0.1) is 12.9 Å². The first-order valence-electron chi connectivity index (χ1n) is 3.63. The maximum Gasteiger partial charge on any atom is 0.280 e. The molecule has 0 aliphatic carbocycles. The van der Waals surface area contributed by atoms with E-state index in [2.05, 4.69) is 4.98 Å². The second kappa shape index (κ2) is 3.97. The highest BCUT2D eigenvalue weighted by Gasteiger charge is 2.23. The maximum absolute atomic E-state index is 12.7. The second-order valence-electron chi connectivity index (χ2n) is 2.69. The topological polar surface area (TPSA) is 47.0 Å². The molecule has 0 fully saturated rings. The molecule has 0 aliphatic rings. The Labute approximate surface area is 88.3 Å². The molecule has 1 aromatic rings. The van der Waals surface area contributed by atoms with E-state index >= 15 is 0 Å². The third-order valence-electron chi connectivity index (χ3n) is 1.70. The number of pyridine rings is 1. The van der Waals surface area contributed by atoms with Crippen molar-refractivity contribution < 1.29 is 21.6 Å². The van der Waals surface area contributed by atoms with Crippen LogP contribution in [0.4, 0.5) is 13.2 Å². The number of halogens is 4. The van der Waals surface area contributed by atoms with Crippen LogP contribution in [-0.2, 0) is 9.05 Å². The molecule has 0 aliphatic heterocycles. The van der Waals surface area contributed by atoms with Crippen molar-refractivity contribution in [2.24, 2.45) is 0 Å². The van der Waals surface area contributed by atoms with Gasteiger partial charge < -0.3 is 0 Å². The molecule has 1 heterocycles. The van der Waals surface area contributed by atoms with Crippen molar-refractivity contribution >= 4 is 19.7 Å². The summed E-state index contributed by atoms with van der Waals surface area (Å²) in [5.74, 6) is -1.31. The number of aromatic nitrogens is 1. The first-order chi connectivity index (χ1) is 6.73. The molecule has 1 rings (SSSR count). The predicted octanol–water partition coefficient (Wildman–Crippen LogP) is 2.39. The molecule has 0 aromatic carbocycles. The Kier molecular flexibility index (Phi) is 3.25. The smallest absolute Gasteiger partial charge is 0.218 e. The van der Waals surface area contributed by atoms with Crippen molar-refractivity contribution in [2.45, 2.75) is 18.2 Å². The minimum atomic E-state index is -4.25. The van der Waals surface area contributed by atoms with Crippen molar-refractivity contribution in [1.29, 1.82) is 0 Å². The van der Waals surface area contributed by atoms with Gasteiger partial charge in [-0.1, -0.05) is 0 Å². The van der Waals surface area contributed by atoms with Crippen LogP contribution in [0.15, 0.2) is 11.0 Å². The fraction of sp³-hybridized carbons (Fsp3) is 0.286. The zero-order valence-corrected chi connectivity index (χ0v) is 8.91. The van der Waals surface area contributed by atoms with Crippen LogP contribution >= 0.6 is 10.7 Å². The van der Waals surface area contributed by atoms with Crippen molar-refractivity contribution in [2.75, 3.05) is 0 Å². The van der Waals surface area contributed by atoms with E-state index in [1.54, 1.807) is 0 Å². The van der Waals surface area contributed by atoms with Crippen LogP contribution in [0.3, 0.4) is 0 Å². The zero-order chi connectivity index (χ0) is 11.8. The largest absolute Gasteiger partial charge is 0.280 e. The molecule has 0 atom stereocenters. The van der Waals surface area contributed by atoms with Gasteiger partial charge in [0.15, 0.2) is 0 Å². The summed E-state index contributed by atoms with van der Waals surface area (Å²) in [6, 6.07) is 0.504. The standard InChI is InChI=1S/C7H5ClF3NO2S/c1-3-4(15(8,13)14)2-5(9)12-6(3)7(10)11/h2,7H,1H3. The molecule has 0 unspecified atom stereocenters. The van der Waals surface area contributed by atoms with Gasteiger partial charge in [0.05, 0.1) is 4.90 Å². The minimum Gasteiger partial charge on any atom is -0.218 e. The van der Waals surface area contributed by atoms with Crippen molar-refractivity contribution in [3.63, 3.8) is 0 Å². The van der Waals surface area contributed by atoms with Crippen LogP contribution in [0.25, 0.3) is 0 Å². The van der Waals surface area contributed by atoms with E-state index in [-0.39, 0.29) is 5.56 Å². The number of alkyl halides is 2. The van der Waals surface area contributed by atoms with Gasteiger partial charge in [0.1, 0.15) is 5.69 Å². The molecular weight excluding hydrogens is 255 g/mol. The van der Waals surface area contributed by atoms with E-state index < -0.39 is 32.0 Å². The molecule has 0 bridgehead atoms. The molecule has 3 nitrogen and oxygen atoms in total. The van der Waals surface area contributed by atoms with Gasteiger partial charge in [-0.15, -0.1) is 0 Å². The average Bonchev–Trinajstić information content (AvgIpc) is 2.06. The van der Waals surface area contributed by atoms with Crippen LogP contribution in [0.2, 0.25) is 0 Å². The number of hydrogen-bond donors (Lipinski definition) is 0. The molecule has 0 amide bonds. The molecule has 0 radical (unpaired) electrons. The Bertz CT molecular complexity index is 489. The summed E-state index contributed by atoms with van der Waals surface area (Å²) in [6.45, 7) is 1.09. The maximum atomic E-state index is 12.7. The lowest BCUT2D eigenvalue weighted by atomic mass is 10.2. The lowest BCUT2D eigenvalue weighted by molar-refractivity contribution is 0.143. The van der Waals surface area contributed by atoms with E-state index in [4.69, 9.17) is 10.7 Å². The Morgan fingerprint density at radius 3 is 2.40 bits per heavy atom. The summed E-state index contributed by atoms with van der Waals surface area (Å²) >= 11 is 0. The monoisotopic (exact) mass is 259 g/mol. The quantitative estimate of drug-likeness (QED) is 0.605. The summed E-state index contributed by atoms with van der Waals surface area (Å²) in [7, 11) is 0.692. The molecule has 0 saturated heterocycles. The van der Waals surface area contributed by atoms with Crippen molar-refractivity contribution in [3.05, 3.63) is 23.3 Å². The fourth-order valence-electron chi connectivity index (χ4n) is 1.04. The summed E-state index contributed by atoms with van der Waals surface area (Å²) in [6.07, 6.45) is -3.06. The highest BCUT2D eigenvalue weighted by Crippen LogP contribution is 2.27. The molecular formula is C7H5ClF3NO2S. The van der Waals surface area contributed by atoms with Crippen molar-refractivity contribution in [3.8, 4) is 0 Å². The molecule has 0 N–H and O–H groups in total. The number of nitrogens with zero attached hydrogens (tertiary/aromatic N) is 1. The van der Waals surface area contributed by atoms with Gasteiger partial charge in [-0.3, -0.25) is 0 Å². The zero-order valence-electron chi connectivity index (χ0n) is 7.34. The van der Waals surface area contributed by atoms with Gasteiger partial charge in [-0.05, 0) is 12.5 Å². The third-order valence-corrected chi connectivity index (χ3v) is 3.15. The lowest BCUT2D eigenvalue weighted by Gasteiger charge is -2.07. The van der Waals surface area contributed by atoms with Crippen molar-refractivity contribution in [1.82, 2.24) is 4.98 Å². The fourth-order valence-corrected chi connectivity index (χ4v) is 2.23. The van der Waals surface area contributed by atoms with E-state index in [1.165, 1.54) is 0 Å². The number of hydrogen-bond acceptors (Lipinski definition) is 3. The highest BCUT2D eigenvalue weighted by molar-refractivity contribution is 8.13.